The van der Waals surface area contributed by atoms with E-state index in [1.807, 2.05) is 13.8 Å². The van der Waals surface area contributed by atoms with Crippen LogP contribution < -0.4 is 0 Å². The van der Waals surface area contributed by atoms with Crippen molar-refractivity contribution in [2.45, 2.75) is 39.1 Å². The van der Waals surface area contributed by atoms with Gasteiger partial charge in [0.05, 0.1) is 11.3 Å². The molecule has 6 heteroatoms. The zero-order chi connectivity index (χ0) is 12.6. The molecule has 0 amide bonds. The van der Waals surface area contributed by atoms with Crippen LogP contribution in [0.4, 0.5) is 0 Å². The summed E-state index contributed by atoms with van der Waals surface area (Å²) >= 11 is 11.6. The molecule has 0 aliphatic carbocycles. The Morgan fingerprint density at radius 3 is 2.19 bits per heavy atom. The van der Waals surface area contributed by atoms with Crippen molar-refractivity contribution in [3.8, 4) is 0 Å². The summed E-state index contributed by atoms with van der Waals surface area (Å²) in [5, 5.41) is 0.483. The predicted octanol–water partition coefficient (Wildman–Crippen LogP) is 3.87. The van der Waals surface area contributed by atoms with Crippen molar-refractivity contribution in [1.29, 1.82) is 0 Å². The first-order valence-corrected chi connectivity index (χ1v) is 9.17. The molecular formula is C10H16Cl2N2OSi. The molecule has 1 heterocycles. The molecule has 3 nitrogen and oxygen atoms in total. The lowest BCUT2D eigenvalue weighted by Crippen LogP contribution is -2.37. The number of nitrogens with zero attached hydrogens (tertiary/aromatic N) is 2. The van der Waals surface area contributed by atoms with Gasteiger partial charge in [-0.2, -0.15) is 0 Å². The minimum atomic E-state index is -1.66. The van der Waals surface area contributed by atoms with Gasteiger partial charge in [-0.15, -0.1) is 0 Å². The Morgan fingerprint density at radius 1 is 1.19 bits per heavy atom. The summed E-state index contributed by atoms with van der Waals surface area (Å²) in [5.41, 5.74) is 0.209. The third-order valence-electron chi connectivity index (χ3n) is 1.85. The highest BCUT2D eigenvalue weighted by molar-refractivity contribution is 6.69. The minimum absolute atomic E-state index is 0.148. The molecule has 0 spiro atoms. The molecule has 1 rings (SSSR count). The van der Waals surface area contributed by atoms with Crippen molar-refractivity contribution >= 4 is 31.5 Å². The van der Waals surface area contributed by atoms with Crippen LogP contribution in [0.5, 0.6) is 0 Å². The molecule has 0 aliphatic rings. The van der Waals surface area contributed by atoms with E-state index in [2.05, 4.69) is 29.6 Å². The second kappa shape index (κ2) is 4.60. The van der Waals surface area contributed by atoms with E-state index in [1.54, 1.807) is 6.07 Å². The second-order valence-electron chi connectivity index (χ2n) is 5.07. The van der Waals surface area contributed by atoms with E-state index in [9.17, 15) is 0 Å². The fourth-order valence-electron chi connectivity index (χ4n) is 1.52. The zero-order valence-electron chi connectivity index (χ0n) is 10.1. The summed E-state index contributed by atoms with van der Waals surface area (Å²) in [6.45, 7) is 10.3. The fourth-order valence-corrected chi connectivity index (χ4v) is 3.56. The van der Waals surface area contributed by atoms with Gasteiger partial charge in [0.25, 0.3) is 0 Å². The van der Waals surface area contributed by atoms with Gasteiger partial charge in [0.1, 0.15) is 5.15 Å². The van der Waals surface area contributed by atoms with Crippen LogP contribution in [-0.4, -0.2) is 18.3 Å². The predicted molar refractivity (Wildman–Crippen MR) is 69.5 cm³/mol. The third-order valence-corrected chi connectivity index (χ3v) is 3.33. The smallest absolute Gasteiger partial charge is 0.224 e. The van der Waals surface area contributed by atoms with Gasteiger partial charge in [-0.1, -0.05) is 11.6 Å². The van der Waals surface area contributed by atoms with E-state index in [0.717, 1.165) is 0 Å². The summed E-state index contributed by atoms with van der Waals surface area (Å²) in [7, 11) is -1.66. The highest BCUT2D eigenvalue weighted by atomic mass is 35.5. The Balaban J connectivity index is 3.06. The summed E-state index contributed by atoms with van der Waals surface area (Å²) < 4.78 is 6.05. The summed E-state index contributed by atoms with van der Waals surface area (Å²) in [5.74, 6) is 0. The molecule has 0 bridgehead atoms. The van der Waals surface area contributed by atoms with Gasteiger partial charge in [0.2, 0.25) is 5.28 Å². The Kier molecular flexibility index (Phi) is 4.00. The standard InChI is InChI=1S/C10H16Cl2N2OSi/c1-10(2,15-16(3,4)5)7-6-8(11)14-9(12)13-7/h6H,1-5H3. The van der Waals surface area contributed by atoms with E-state index in [-0.39, 0.29) is 5.28 Å². The van der Waals surface area contributed by atoms with Crippen molar-refractivity contribution < 1.29 is 4.43 Å². The van der Waals surface area contributed by atoms with Crippen molar-refractivity contribution in [3.05, 3.63) is 22.2 Å². The number of halogens is 2. The molecule has 0 fully saturated rings. The number of aromatic nitrogens is 2. The maximum Gasteiger partial charge on any atom is 0.224 e. The van der Waals surface area contributed by atoms with Gasteiger partial charge >= 0.3 is 0 Å². The molecule has 0 saturated carbocycles. The molecule has 90 valence electrons. The fraction of sp³-hybridized carbons (Fsp3) is 0.600. The number of rotatable bonds is 3. The molecule has 0 saturated heterocycles. The van der Waals surface area contributed by atoms with Crippen molar-refractivity contribution in [3.63, 3.8) is 0 Å². The van der Waals surface area contributed by atoms with Gasteiger partial charge in [0, 0.05) is 6.07 Å². The average molecular weight is 279 g/mol. The maximum absolute atomic E-state index is 6.05. The zero-order valence-corrected chi connectivity index (χ0v) is 12.6. The lowest BCUT2D eigenvalue weighted by Gasteiger charge is -2.32. The molecule has 0 aliphatic heterocycles. The van der Waals surface area contributed by atoms with Crippen molar-refractivity contribution in [1.82, 2.24) is 9.97 Å². The molecule has 0 atom stereocenters. The summed E-state index contributed by atoms with van der Waals surface area (Å²) in [6, 6.07) is 1.69. The van der Waals surface area contributed by atoms with Crippen molar-refractivity contribution in [2.75, 3.05) is 0 Å². The molecule has 0 unspecified atom stereocenters. The van der Waals surface area contributed by atoms with E-state index >= 15 is 0 Å². The van der Waals surface area contributed by atoms with Crippen molar-refractivity contribution in [2.24, 2.45) is 0 Å². The third kappa shape index (κ3) is 4.01. The SMILES string of the molecule is CC(C)(O[Si](C)(C)C)c1cc(Cl)nc(Cl)n1. The van der Waals surface area contributed by atoms with Gasteiger partial charge in [-0.3, -0.25) is 0 Å². The van der Waals surface area contributed by atoms with Gasteiger partial charge in [0.15, 0.2) is 8.32 Å². The van der Waals surface area contributed by atoms with Gasteiger partial charge in [-0.25, -0.2) is 9.97 Å². The average Bonchev–Trinajstić information content (AvgIpc) is 1.96. The van der Waals surface area contributed by atoms with E-state index < -0.39 is 13.9 Å². The normalized spacial score (nSPS) is 12.9. The van der Waals surface area contributed by atoms with Crippen LogP contribution in [0.2, 0.25) is 30.1 Å². The molecule has 0 aromatic carbocycles. The molecule has 1 aromatic rings. The first-order valence-electron chi connectivity index (χ1n) is 5.01. The van der Waals surface area contributed by atoms with Crippen LogP contribution in [0.25, 0.3) is 0 Å². The lowest BCUT2D eigenvalue weighted by molar-refractivity contribution is 0.0950. The molecule has 0 radical (unpaired) electrons. The summed E-state index contributed by atoms with van der Waals surface area (Å²) in [6.07, 6.45) is 0. The molecule has 16 heavy (non-hydrogen) atoms. The molecule has 0 N–H and O–H groups in total. The van der Waals surface area contributed by atoms with E-state index in [1.165, 1.54) is 0 Å². The monoisotopic (exact) mass is 278 g/mol. The maximum atomic E-state index is 6.05. The highest BCUT2D eigenvalue weighted by Crippen LogP contribution is 2.29. The van der Waals surface area contributed by atoms with Gasteiger partial charge < -0.3 is 4.43 Å². The Hall–Kier alpha value is -0.163. The summed E-state index contributed by atoms with van der Waals surface area (Å²) in [4.78, 5) is 7.98. The van der Waals surface area contributed by atoms with Crippen LogP contribution >= 0.6 is 23.2 Å². The van der Waals surface area contributed by atoms with Crippen LogP contribution in [0.1, 0.15) is 19.5 Å². The lowest BCUT2D eigenvalue weighted by atomic mass is 10.1. The molecule has 1 aromatic heterocycles. The number of hydrogen-bond acceptors (Lipinski definition) is 3. The molecular weight excluding hydrogens is 263 g/mol. The second-order valence-corrected chi connectivity index (χ2v) is 10.2. The van der Waals surface area contributed by atoms with Crippen LogP contribution in [0.15, 0.2) is 6.07 Å². The first-order chi connectivity index (χ1) is 7.10. The first kappa shape index (κ1) is 13.9. The Bertz CT molecular complexity index is 371. The van der Waals surface area contributed by atoms with Crippen LogP contribution in [0.3, 0.4) is 0 Å². The Labute approximate surface area is 107 Å². The Morgan fingerprint density at radius 2 is 1.75 bits per heavy atom. The van der Waals surface area contributed by atoms with E-state index in [0.29, 0.717) is 10.8 Å². The van der Waals surface area contributed by atoms with Crippen LogP contribution in [0, 0.1) is 0 Å². The number of hydrogen-bond donors (Lipinski definition) is 0. The largest absolute Gasteiger partial charge is 0.407 e. The topological polar surface area (TPSA) is 35.0 Å². The minimum Gasteiger partial charge on any atom is -0.407 e. The quantitative estimate of drug-likeness (QED) is 0.478. The highest BCUT2D eigenvalue weighted by Gasteiger charge is 2.30. The van der Waals surface area contributed by atoms with E-state index in [4.69, 9.17) is 27.6 Å². The van der Waals surface area contributed by atoms with Gasteiger partial charge in [-0.05, 0) is 45.1 Å². The van der Waals surface area contributed by atoms with Crippen LogP contribution in [-0.2, 0) is 10.0 Å².